The molecule has 1 aliphatic rings. The molecular formula is C25H26N2. The first kappa shape index (κ1) is 17.7. The molecule has 0 bridgehead atoms. The van der Waals surface area contributed by atoms with Crippen LogP contribution in [0.2, 0.25) is 0 Å². The van der Waals surface area contributed by atoms with Gasteiger partial charge >= 0.3 is 0 Å². The van der Waals surface area contributed by atoms with Gasteiger partial charge in [0.2, 0.25) is 0 Å². The summed E-state index contributed by atoms with van der Waals surface area (Å²) in [6, 6.07) is 26.2. The van der Waals surface area contributed by atoms with Gasteiger partial charge in [-0.1, -0.05) is 66.7 Å². The van der Waals surface area contributed by atoms with Crippen LogP contribution in [-0.2, 0) is 6.42 Å². The Bertz CT molecular complexity index is 884. The maximum Gasteiger partial charge on any atom is 0.0409 e. The number of hydrogen-bond donors (Lipinski definition) is 1. The van der Waals surface area contributed by atoms with E-state index in [1.54, 1.807) is 0 Å². The Morgan fingerprint density at radius 2 is 1.59 bits per heavy atom. The van der Waals surface area contributed by atoms with Gasteiger partial charge in [-0.25, -0.2) is 0 Å². The zero-order chi connectivity index (χ0) is 18.3. The van der Waals surface area contributed by atoms with E-state index in [0.29, 0.717) is 6.04 Å². The molecule has 0 radical (unpaired) electrons. The van der Waals surface area contributed by atoms with Gasteiger partial charge in [-0.3, -0.25) is 4.98 Å². The Labute approximate surface area is 162 Å². The molecular weight excluding hydrogens is 328 g/mol. The van der Waals surface area contributed by atoms with Crippen LogP contribution in [0.3, 0.4) is 0 Å². The molecule has 1 unspecified atom stereocenters. The van der Waals surface area contributed by atoms with Crippen molar-refractivity contribution in [2.24, 2.45) is 0 Å². The minimum absolute atomic E-state index is 0.558. The summed E-state index contributed by atoms with van der Waals surface area (Å²) < 4.78 is 0. The van der Waals surface area contributed by atoms with Crippen molar-refractivity contribution in [1.29, 1.82) is 0 Å². The van der Waals surface area contributed by atoms with Gasteiger partial charge in [0.25, 0.3) is 0 Å². The average Bonchev–Trinajstić information content (AvgIpc) is 2.75. The Morgan fingerprint density at radius 3 is 2.37 bits per heavy atom. The molecule has 0 spiro atoms. The highest BCUT2D eigenvalue weighted by atomic mass is 14.9. The van der Waals surface area contributed by atoms with Gasteiger partial charge in [-0.15, -0.1) is 0 Å². The summed E-state index contributed by atoms with van der Waals surface area (Å²) in [4.78, 5) is 4.58. The van der Waals surface area contributed by atoms with Crippen LogP contribution in [0.25, 0.3) is 16.7 Å². The Hall–Kier alpha value is -2.71. The molecule has 1 N–H and O–H groups in total. The second kappa shape index (κ2) is 8.79. The number of nitrogens with zero attached hydrogens (tertiary/aromatic N) is 1. The van der Waals surface area contributed by atoms with Crippen molar-refractivity contribution in [3.8, 4) is 11.1 Å². The van der Waals surface area contributed by atoms with Crippen molar-refractivity contribution in [3.05, 3.63) is 96.3 Å². The highest BCUT2D eigenvalue weighted by Crippen LogP contribution is 2.25. The van der Waals surface area contributed by atoms with Crippen molar-refractivity contribution in [1.82, 2.24) is 10.3 Å². The number of rotatable bonds is 6. The van der Waals surface area contributed by atoms with E-state index >= 15 is 0 Å². The quantitative estimate of drug-likeness (QED) is 0.631. The molecule has 0 amide bonds. The van der Waals surface area contributed by atoms with Crippen LogP contribution in [-0.4, -0.2) is 17.6 Å². The number of pyridine rings is 1. The molecule has 1 aromatic heterocycles. The van der Waals surface area contributed by atoms with E-state index in [2.05, 4.69) is 89.2 Å². The number of benzene rings is 2. The minimum Gasteiger partial charge on any atom is -0.310 e. The molecule has 0 saturated carbocycles. The lowest BCUT2D eigenvalue weighted by Gasteiger charge is -2.24. The van der Waals surface area contributed by atoms with Gasteiger partial charge in [-0.05, 0) is 60.1 Å². The molecule has 136 valence electrons. The third-order valence-electron chi connectivity index (χ3n) is 5.28. The van der Waals surface area contributed by atoms with Gasteiger partial charge in [0.05, 0.1) is 0 Å². The van der Waals surface area contributed by atoms with E-state index in [1.807, 2.05) is 6.20 Å². The molecule has 2 heterocycles. The number of aryl methyl sites for hydroxylation is 1. The summed E-state index contributed by atoms with van der Waals surface area (Å²) in [5.41, 5.74) is 6.54. The van der Waals surface area contributed by atoms with Crippen LogP contribution in [0.5, 0.6) is 0 Å². The molecule has 1 atom stereocenters. The largest absolute Gasteiger partial charge is 0.310 e. The third kappa shape index (κ3) is 4.72. The van der Waals surface area contributed by atoms with Crippen molar-refractivity contribution >= 4 is 5.57 Å². The summed E-state index contributed by atoms with van der Waals surface area (Å²) in [6.45, 7) is 0.969. The van der Waals surface area contributed by atoms with Gasteiger partial charge in [0, 0.05) is 24.5 Å². The second-order valence-corrected chi connectivity index (χ2v) is 7.20. The van der Waals surface area contributed by atoms with Gasteiger partial charge in [0.15, 0.2) is 0 Å². The van der Waals surface area contributed by atoms with E-state index in [1.165, 1.54) is 34.4 Å². The Kier molecular flexibility index (Phi) is 5.76. The van der Waals surface area contributed by atoms with Crippen LogP contribution in [0, 0.1) is 0 Å². The summed E-state index contributed by atoms with van der Waals surface area (Å²) in [7, 11) is 0. The minimum atomic E-state index is 0.558. The summed E-state index contributed by atoms with van der Waals surface area (Å²) in [6.07, 6.45) is 8.75. The normalized spacial score (nSPS) is 16.7. The molecule has 2 heteroatoms. The molecule has 3 aromatic rings. The molecule has 4 rings (SSSR count). The van der Waals surface area contributed by atoms with Crippen LogP contribution in [0.15, 0.2) is 85.1 Å². The molecule has 0 fully saturated rings. The van der Waals surface area contributed by atoms with Crippen LogP contribution in [0.1, 0.15) is 30.5 Å². The van der Waals surface area contributed by atoms with Crippen molar-refractivity contribution in [3.63, 3.8) is 0 Å². The first-order valence-electron chi connectivity index (χ1n) is 9.87. The molecule has 1 aliphatic heterocycles. The van der Waals surface area contributed by atoms with Crippen LogP contribution < -0.4 is 5.32 Å². The Morgan fingerprint density at radius 1 is 0.852 bits per heavy atom. The molecule has 2 aromatic carbocycles. The summed E-state index contributed by atoms with van der Waals surface area (Å²) >= 11 is 0. The molecule has 0 aliphatic carbocycles. The van der Waals surface area contributed by atoms with E-state index in [0.717, 1.165) is 25.8 Å². The highest BCUT2D eigenvalue weighted by Gasteiger charge is 2.15. The van der Waals surface area contributed by atoms with Crippen molar-refractivity contribution in [2.45, 2.75) is 31.7 Å². The number of aromatic nitrogens is 1. The molecule has 2 nitrogen and oxygen atoms in total. The monoisotopic (exact) mass is 354 g/mol. The second-order valence-electron chi connectivity index (χ2n) is 7.20. The fraction of sp³-hybridized carbons (Fsp3) is 0.240. The number of hydrogen-bond acceptors (Lipinski definition) is 2. The van der Waals surface area contributed by atoms with Crippen molar-refractivity contribution in [2.75, 3.05) is 6.54 Å². The maximum atomic E-state index is 4.58. The summed E-state index contributed by atoms with van der Waals surface area (Å²) in [5.74, 6) is 0. The predicted molar refractivity (Wildman–Crippen MR) is 113 cm³/mol. The van der Waals surface area contributed by atoms with Gasteiger partial charge < -0.3 is 5.32 Å². The lowest BCUT2D eigenvalue weighted by atomic mass is 9.92. The lowest BCUT2D eigenvalue weighted by molar-refractivity contribution is 0.484. The summed E-state index contributed by atoms with van der Waals surface area (Å²) in [5, 5.41) is 3.65. The first-order valence-corrected chi connectivity index (χ1v) is 9.87. The van der Waals surface area contributed by atoms with E-state index in [-0.39, 0.29) is 0 Å². The van der Waals surface area contributed by atoms with Crippen LogP contribution in [0.4, 0.5) is 0 Å². The predicted octanol–water partition coefficient (Wildman–Crippen LogP) is 5.52. The van der Waals surface area contributed by atoms with E-state index < -0.39 is 0 Å². The van der Waals surface area contributed by atoms with Crippen molar-refractivity contribution < 1.29 is 0 Å². The highest BCUT2D eigenvalue weighted by molar-refractivity contribution is 5.67. The fourth-order valence-electron chi connectivity index (χ4n) is 3.82. The fourth-order valence-corrected chi connectivity index (χ4v) is 3.82. The zero-order valence-electron chi connectivity index (χ0n) is 15.6. The maximum absolute atomic E-state index is 4.58. The Balaban J connectivity index is 1.32. The standard InChI is InChI=1S/C25H26N2/c1-3-8-20(9-4-1)22-14-16-26-24(18-22)12-7-13-25-19-23(15-17-27-25)21-10-5-2-6-11-21/h1-6,8-11,14-16,18,25,27H,7,12-13,17,19H2. The smallest absolute Gasteiger partial charge is 0.0409 e. The SMILES string of the molecule is C1=C(c2ccccc2)CC(CCCc2cc(-c3ccccc3)ccn2)NC1. The van der Waals surface area contributed by atoms with E-state index in [4.69, 9.17) is 0 Å². The number of nitrogens with one attached hydrogen (secondary N) is 1. The zero-order valence-corrected chi connectivity index (χ0v) is 15.6. The van der Waals surface area contributed by atoms with Crippen LogP contribution >= 0.6 is 0 Å². The lowest BCUT2D eigenvalue weighted by Crippen LogP contribution is -2.32. The molecule has 27 heavy (non-hydrogen) atoms. The van der Waals surface area contributed by atoms with Gasteiger partial charge in [0.1, 0.15) is 0 Å². The third-order valence-corrected chi connectivity index (χ3v) is 5.28. The average molecular weight is 354 g/mol. The van der Waals surface area contributed by atoms with Gasteiger partial charge in [-0.2, -0.15) is 0 Å². The molecule has 0 saturated heterocycles. The first-order chi connectivity index (χ1) is 13.4. The topological polar surface area (TPSA) is 24.9 Å². The van der Waals surface area contributed by atoms with E-state index in [9.17, 15) is 0 Å².